The van der Waals surface area contributed by atoms with Gasteiger partial charge in [0.05, 0.1) is 6.61 Å². The molecule has 1 N–H and O–H groups in total. The largest absolute Gasteiger partial charge is 0.490 e. The van der Waals surface area contributed by atoms with Crippen molar-refractivity contribution >= 4 is 11.8 Å². The van der Waals surface area contributed by atoms with Gasteiger partial charge in [-0.05, 0) is 30.7 Å². The van der Waals surface area contributed by atoms with Crippen molar-refractivity contribution in [3.8, 4) is 11.5 Å². The first-order chi connectivity index (χ1) is 9.79. The van der Waals surface area contributed by atoms with Gasteiger partial charge in [-0.25, -0.2) is 4.79 Å². The molecular formula is C16H17NO3. The van der Waals surface area contributed by atoms with Crippen molar-refractivity contribution in [1.29, 1.82) is 0 Å². The normalized spacial score (nSPS) is 9.85. The fourth-order valence-corrected chi connectivity index (χ4v) is 1.63. The highest BCUT2D eigenvalue weighted by molar-refractivity contribution is 5.86. The highest BCUT2D eigenvalue weighted by atomic mass is 16.6. The molecule has 4 nitrogen and oxygen atoms in total. The summed E-state index contributed by atoms with van der Waals surface area (Å²) in [6.07, 6.45) is 0.355. The van der Waals surface area contributed by atoms with Crippen molar-refractivity contribution in [1.82, 2.24) is 0 Å². The molecule has 0 atom stereocenters. The summed E-state index contributed by atoms with van der Waals surface area (Å²) in [6.45, 7) is 2.60. The van der Waals surface area contributed by atoms with Gasteiger partial charge in [0.15, 0.2) is 11.5 Å². The van der Waals surface area contributed by atoms with Crippen LogP contribution in [0.25, 0.3) is 0 Å². The highest BCUT2D eigenvalue weighted by Crippen LogP contribution is 2.26. The molecule has 0 fully saturated rings. The first-order valence-electron chi connectivity index (χ1n) is 6.55. The third-order valence-electron chi connectivity index (χ3n) is 2.53. The van der Waals surface area contributed by atoms with Gasteiger partial charge in [0.25, 0.3) is 0 Å². The smallest absolute Gasteiger partial charge is 0.417 e. The Labute approximate surface area is 118 Å². The molecule has 0 unspecified atom stereocenters. The van der Waals surface area contributed by atoms with Crippen LogP contribution in [0, 0.1) is 0 Å². The third-order valence-corrected chi connectivity index (χ3v) is 2.53. The molecule has 0 bridgehead atoms. The quantitative estimate of drug-likeness (QED) is 0.891. The van der Waals surface area contributed by atoms with Gasteiger partial charge in [-0.2, -0.15) is 0 Å². The van der Waals surface area contributed by atoms with Gasteiger partial charge in [0.2, 0.25) is 0 Å². The summed E-state index contributed by atoms with van der Waals surface area (Å²) < 4.78 is 10.8. The van der Waals surface area contributed by atoms with Crippen molar-refractivity contribution < 1.29 is 14.3 Å². The van der Waals surface area contributed by atoms with Crippen LogP contribution in [0.1, 0.15) is 13.3 Å². The number of amides is 1. The Balaban J connectivity index is 2.00. The molecule has 4 heteroatoms. The van der Waals surface area contributed by atoms with E-state index in [0.717, 1.165) is 6.42 Å². The maximum atomic E-state index is 11.8. The summed E-state index contributed by atoms with van der Waals surface area (Å²) in [5.41, 5.74) is 0.685. The summed E-state index contributed by atoms with van der Waals surface area (Å²) in [5, 5.41) is 2.66. The van der Waals surface area contributed by atoms with E-state index in [2.05, 4.69) is 5.32 Å². The molecule has 0 aromatic heterocycles. The Kier molecular flexibility index (Phi) is 5.00. The molecule has 0 heterocycles. The molecule has 0 saturated carbocycles. The van der Waals surface area contributed by atoms with Gasteiger partial charge >= 0.3 is 6.09 Å². The number of para-hydroxylation sites is 3. The van der Waals surface area contributed by atoms with E-state index in [1.807, 2.05) is 31.2 Å². The van der Waals surface area contributed by atoms with Gasteiger partial charge in [-0.3, -0.25) is 5.32 Å². The number of carbonyl (C=O) groups excluding carboxylic acids is 1. The summed E-state index contributed by atoms with van der Waals surface area (Å²) in [7, 11) is 0. The van der Waals surface area contributed by atoms with Crippen molar-refractivity contribution in [2.45, 2.75) is 13.3 Å². The van der Waals surface area contributed by atoms with E-state index >= 15 is 0 Å². The number of rotatable bonds is 5. The van der Waals surface area contributed by atoms with Crippen molar-refractivity contribution in [2.24, 2.45) is 0 Å². The zero-order valence-corrected chi connectivity index (χ0v) is 11.3. The molecule has 104 valence electrons. The van der Waals surface area contributed by atoms with Crippen LogP contribution in [-0.2, 0) is 0 Å². The number of nitrogens with one attached hydrogen (secondary N) is 1. The zero-order chi connectivity index (χ0) is 14.2. The Morgan fingerprint density at radius 2 is 1.65 bits per heavy atom. The van der Waals surface area contributed by atoms with Crippen LogP contribution in [0.3, 0.4) is 0 Å². The minimum absolute atomic E-state index is 0.411. The van der Waals surface area contributed by atoms with Crippen LogP contribution in [0.15, 0.2) is 54.6 Å². The topological polar surface area (TPSA) is 47.6 Å². The lowest BCUT2D eigenvalue weighted by Gasteiger charge is -2.11. The van der Waals surface area contributed by atoms with E-state index < -0.39 is 6.09 Å². The van der Waals surface area contributed by atoms with E-state index in [-0.39, 0.29) is 0 Å². The molecule has 0 aliphatic rings. The third kappa shape index (κ3) is 4.02. The fraction of sp³-hybridized carbons (Fsp3) is 0.188. The molecule has 0 saturated heterocycles. The molecule has 20 heavy (non-hydrogen) atoms. The van der Waals surface area contributed by atoms with E-state index in [0.29, 0.717) is 23.8 Å². The van der Waals surface area contributed by atoms with E-state index in [4.69, 9.17) is 9.47 Å². The summed E-state index contributed by atoms with van der Waals surface area (Å²) >= 11 is 0. The Morgan fingerprint density at radius 1 is 1.00 bits per heavy atom. The second-order valence-corrected chi connectivity index (χ2v) is 4.18. The van der Waals surface area contributed by atoms with Gasteiger partial charge in [0.1, 0.15) is 0 Å². The number of anilines is 1. The van der Waals surface area contributed by atoms with Gasteiger partial charge in [-0.15, -0.1) is 0 Å². The molecule has 0 radical (unpaired) electrons. The second-order valence-electron chi connectivity index (χ2n) is 4.18. The van der Waals surface area contributed by atoms with Crippen LogP contribution in [0.5, 0.6) is 11.5 Å². The standard InChI is InChI=1S/C16H17NO3/c1-2-12-19-14-10-6-7-11-15(14)20-16(18)17-13-8-4-3-5-9-13/h3-11H,2,12H2,1H3,(H,17,18). The van der Waals surface area contributed by atoms with Crippen molar-refractivity contribution in [3.63, 3.8) is 0 Å². The Morgan fingerprint density at radius 3 is 2.35 bits per heavy atom. The average Bonchev–Trinajstić information content (AvgIpc) is 2.47. The highest BCUT2D eigenvalue weighted by Gasteiger charge is 2.09. The number of benzene rings is 2. The number of hydrogen-bond acceptors (Lipinski definition) is 3. The van der Waals surface area contributed by atoms with Crippen LogP contribution < -0.4 is 14.8 Å². The fourth-order valence-electron chi connectivity index (χ4n) is 1.63. The monoisotopic (exact) mass is 271 g/mol. The molecule has 0 spiro atoms. The van der Waals surface area contributed by atoms with Crippen molar-refractivity contribution in [2.75, 3.05) is 11.9 Å². The lowest BCUT2D eigenvalue weighted by atomic mass is 10.3. The Bertz CT molecular complexity index is 555. The molecule has 2 aromatic carbocycles. The first-order valence-corrected chi connectivity index (χ1v) is 6.55. The minimum Gasteiger partial charge on any atom is -0.490 e. The van der Waals surface area contributed by atoms with Crippen LogP contribution in [0.2, 0.25) is 0 Å². The summed E-state index contributed by atoms with van der Waals surface area (Å²) in [4.78, 5) is 11.8. The molecule has 0 aliphatic heterocycles. The van der Waals surface area contributed by atoms with Gasteiger partial charge in [0, 0.05) is 5.69 Å². The SMILES string of the molecule is CCCOc1ccccc1OC(=O)Nc1ccccc1. The predicted molar refractivity (Wildman–Crippen MR) is 78.3 cm³/mol. The van der Waals surface area contributed by atoms with E-state index in [1.54, 1.807) is 30.3 Å². The van der Waals surface area contributed by atoms with Crippen LogP contribution in [0.4, 0.5) is 10.5 Å². The Hall–Kier alpha value is -2.49. The van der Waals surface area contributed by atoms with Crippen molar-refractivity contribution in [3.05, 3.63) is 54.6 Å². The van der Waals surface area contributed by atoms with Gasteiger partial charge in [-0.1, -0.05) is 37.3 Å². The van der Waals surface area contributed by atoms with Gasteiger partial charge < -0.3 is 9.47 Å². The molecule has 1 amide bonds. The zero-order valence-electron chi connectivity index (χ0n) is 11.3. The summed E-state index contributed by atoms with van der Waals surface area (Å²) in [6, 6.07) is 16.3. The molecule has 2 aromatic rings. The lowest BCUT2D eigenvalue weighted by molar-refractivity contribution is 0.211. The summed E-state index contributed by atoms with van der Waals surface area (Å²) in [5.74, 6) is 0.979. The predicted octanol–water partition coefficient (Wildman–Crippen LogP) is 4.09. The maximum Gasteiger partial charge on any atom is 0.417 e. The number of carbonyl (C=O) groups is 1. The number of ether oxygens (including phenoxy) is 2. The average molecular weight is 271 g/mol. The van der Waals surface area contributed by atoms with Crippen LogP contribution >= 0.6 is 0 Å². The van der Waals surface area contributed by atoms with E-state index in [9.17, 15) is 4.79 Å². The second kappa shape index (κ2) is 7.19. The maximum absolute atomic E-state index is 11.8. The van der Waals surface area contributed by atoms with E-state index in [1.165, 1.54) is 0 Å². The van der Waals surface area contributed by atoms with Crippen LogP contribution in [-0.4, -0.2) is 12.7 Å². The molecular weight excluding hydrogens is 254 g/mol. The molecule has 0 aliphatic carbocycles. The first kappa shape index (κ1) is 13.9. The lowest BCUT2D eigenvalue weighted by Crippen LogP contribution is -2.17. The minimum atomic E-state index is -0.538. The molecule has 2 rings (SSSR count). The number of hydrogen-bond donors (Lipinski definition) is 1.